The van der Waals surface area contributed by atoms with Gasteiger partial charge in [-0.25, -0.2) is 4.39 Å². The molecule has 15 heavy (non-hydrogen) atoms. The fraction of sp³-hybridized carbons (Fsp3) is 0.364. The van der Waals surface area contributed by atoms with Gasteiger partial charge in [-0.1, -0.05) is 12.1 Å². The second-order valence-electron chi connectivity index (χ2n) is 3.12. The predicted molar refractivity (Wildman–Crippen MR) is 56.4 cm³/mol. The molecule has 1 unspecified atom stereocenters. The maximum absolute atomic E-state index is 13.0. The highest BCUT2D eigenvalue weighted by molar-refractivity contribution is 6.29. The molecule has 0 amide bonds. The Morgan fingerprint density at radius 1 is 1.60 bits per heavy atom. The van der Waals surface area contributed by atoms with Gasteiger partial charge in [0.15, 0.2) is 5.38 Å². The molecule has 4 heteroatoms. The molecule has 0 N–H and O–H groups in total. The second kappa shape index (κ2) is 5.12. The zero-order valence-electron chi connectivity index (χ0n) is 8.59. The predicted octanol–water partition coefficient (Wildman–Crippen LogP) is 2.98. The van der Waals surface area contributed by atoms with Gasteiger partial charge < -0.3 is 4.74 Å². The zero-order chi connectivity index (χ0) is 11.4. The number of carbonyl (C=O) groups is 1. The third-order valence-corrected chi connectivity index (χ3v) is 2.40. The van der Waals surface area contributed by atoms with E-state index in [1.807, 2.05) is 0 Å². The number of aryl methyl sites for hydroxylation is 1. The molecule has 1 aromatic rings. The van der Waals surface area contributed by atoms with Gasteiger partial charge in [-0.2, -0.15) is 0 Å². The number of esters is 1. The van der Waals surface area contributed by atoms with Gasteiger partial charge in [-0.3, -0.25) is 4.79 Å². The molecule has 0 saturated heterocycles. The Balaban J connectivity index is 2.86. The highest BCUT2D eigenvalue weighted by Gasteiger charge is 2.19. The molecule has 0 bridgehead atoms. The normalized spacial score (nSPS) is 12.3. The summed E-state index contributed by atoms with van der Waals surface area (Å²) in [4.78, 5) is 11.3. The molecule has 0 aliphatic carbocycles. The van der Waals surface area contributed by atoms with Crippen molar-refractivity contribution < 1.29 is 13.9 Å². The quantitative estimate of drug-likeness (QED) is 0.590. The van der Waals surface area contributed by atoms with Crippen LogP contribution in [0.5, 0.6) is 0 Å². The fourth-order valence-corrected chi connectivity index (χ4v) is 1.38. The molecule has 2 nitrogen and oxygen atoms in total. The molecular weight excluding hydrogens is 219 g/mol. The van der Waals surface area contributed by atoms with Crippen LogP contribution in [0.1, 0.15) is 23.4 Å². The fourth-order valence-electron chi connectivity index (χ4n) is 1.18. The van der Waals surface area contributed by atoms with Crippen molar-refractivity contribution in [3.8, 4) is 0 Å². The van der Waals surface area contributed by atoms with Crippen LogP contribution < -0.4 is 0 Å². The second-order valence-corrected chi connectivity index (χ2v) is 3.56. The van der Waals surface area contributed by atoms with Crippen molar-refractivity contribution in [3.63, 3.8) is 0 Å². The van der Waals surface area contributed by atoms with Crippen LogP contribution in [-0.2, 0) is 9.53 Å². The molecule has 0 heterocycles. The molecule has 0 aliphatic rings. The molecule has 0 spiro atoms. The third kappa shape index (κ3) is 2.93. The van der Waals surface area contributed by atoms with Crippen molar-refractivity contribution in [3.05, 3.63) is 35.1 Å². The smallest absolute Gasteiger partial charge is 0.328 e. The Bertz CT molecular complexity index is 366. The first-order chi connectivity index (χ1) is 7.06. The number of ether oxygens (including phenoxy) is 1. The molecule has 0 saturated carbocycles. The van der Waals surface area contributed by atoms with Gasteiger partial charge in [0.1, 0.15) is 5.82 Å². The minimum atomic E-state index is -0.871. The first-order valence-electron chi connectivity index (χ1n) is 4.63. The SMILES string of the molecule is CCOC(=O)C(Cl)c1ccc(F)c(C)c1. The van der Waals surface area contributed by atoms with Gasteiger partial charge in [-0.15, -0.1) is 11.6 Å². The molecule has 1 rings (SSSR count). The number of alkyl halides is 1. The summed E-state index contributed by atoms with van der Waals surface area (Å²) in [6.45, 7) is 3.60. The van der Waals surface area contributed by atoms with Crippen LogP contribution in [-0.4, -0.2) is 12.6 Å². The number of carbonyl (C=O) groups excluding carboxylic acids is 1. The maximum atomic E-state index is 13.0. The Labute approximate surface area is 93.0 Å². The summed E-state index contributed by atoms with van der Waals surface area (Å²) in [5.41, 5.74) is 1.01. The minimum Gasteiger partial charge on any atom is -0.465 e. The van der Waals surface area contributed by atoms with Crippen LogP contribution in [0.4, 0.5) is 4.39 Å². The van der Waals surface area contributed by atoms with E-state index < -0.39 is 11.3 Å². The minimum absolute atomic E-state index is 0.280. The summed E-state index contributed by atoms with van der Waals surface area (Å²) in [6.07, 6.45) is 0. The average molecular weight is 231 g/mol. The van der Waals surface area contributed by atoms with Gasteiger partial charge in [0.25, 0.3) is 0 Å². The van der Waals surface area contributed by atoms with E-state index in [1.165, 1.54) is 12.1 Å². The van der Waals surface area contributed by atoms with E-state index in [0.717, 1.165) is 0 Å². The molecule has 0 fully saturated rings. The summed E-state index contributed by atoms with van der Waals surface area (Å²) in [6, 6.07) is 4.32. The maximum Gasteiger partial charge on any atom is 0.328 e. The summed E-state index contributed by atoms with van der Waals surface area (Å²) in [5, 5.41) is -0.871. The van der Waals surface area contributed by atoms with Crippen LogP contribution in [0.25, 0.3) is 0 Å². The van der Waals surface area contributed by atoms with E-state index in [4.69, 9.17) is 16.3 Å². The van der Waals surface area contributed by atoms with Gasteiger partial charge >= 0.3 is 5.97 Å². The van der Waals surface area contributed by atoms with Crippen molar-refractivity contribution in [2.45, 2.75) is 19.2 Å². The summed E-state index contributed by atoms with van der Waals surface area (Å²) < 4.78 is 17.7. The number of hydrogen-bond donors (Lipinski definition) is 0. The van der Waals surface area contributed by atoms with E-state index in [-0.39, 0.29) is 12.4 Å². The largest absolute Gasteiger partial charge is 0.465 e. The standard InChI is InChI=1S/C11H12ClFO2/c1-3-15-11(14)10(12)8-4-5-9(13)7(2)6-8/h4-6,10H,3H2,1-2H3. The van der Waals surface area contributed by atoms with Crippen molar-refractivity contribution in [2.24, 2.45) is 0 Å². The van der Waals surface area contributed by atoms with E-state index in [0.29, 0.717) is 11.1 Å². The number of rotatable bonds is 3. The highest BCUT2D eigenvalue weighted by Crippen LogP contribution is 2.23. The number of halogens is 2. The van der Waals surface area contributed by atoms with Crippen LogP contribution in [0, 0.1) is 12.7 Å². The van der Waals surface area contributed by atoms with Crippen molar-refractivity contribution >= 4 is 17.6 Å². The third-order valence-electron chi connectivity index (χ3n) is 1.97. The van der Waals surface area contributed by atoms with E-state index in [1.54, 1.807) is 19.9 Å². The van der Waals surface area contributed by atoms with Crippen LogP contribution in [0.3, 0.4) is 0 Å². The molecule has 0 aromatic heterocycles. The lowest BCUT2D eigenvalue weighted by Crippen LogP contribution is -2.11. The number of hydrogen-bond acceptors (Lipinski definition) is 2. The van der Waals surface area contributed by atoms with E-state index in [9.17, 15) is 9.18 Å². The zero-order valence-corrected chi connectivity index (χ0v) is 9.34. The lowest BCUT2D eigenvalue weighted by molar-refractivity contribution is -0.142. The first-order valence-corrected chi connectivity index (χ1v) is 5.06. The average Bonchev–Trinajstić information content (AvgIpc) is 2.21. The van der Waals surface area contributed by atoms with Crippen molar-refractivity contribution in [2.75, 3.05) is 6.61 Å². The highest BCUT2D eigenvalue weighted by atomic mass is 35.5. The van der Waals surface area contributed by atoms with Crippen LogP contribution in [0.2, 0.25) is 0 Å². The Kier molecular flexibility index (Phi) is 4.09. The van der Waals surface area contributed by atoms with Crippen molar-refractivity contribution in [1.82, 2.24) is 0 Å². The number of benzene rings is 1. The van der Waals surface area contributed by atoms with Crippen LogP contribution in [0.15, 0.2) is 18.2 Å². The monoisotopic (exact) mass is 230 g/mol. The summed E-state index contributed by atoms with van der Waals surface area (Å²) in [7, 11) is 0. The molecule has 82 valence electrons. The topological polar surface area (TPSA) is 26.3 Å². The molecular formula is C11H12ClFO2. The van der Waals surface area contributed by atoms with E-state index >= 15 is 0 Å². The summed E-state index contributed by atoms with van der Waals surface area (Å²) in [5.74, 6) is -0.823. The van der Waals surface area contributed by atoms with Gasteiger partial charge in [0.2, 0.25) is 0 Å². The lowest BCUT2D eigenvalue weighted by atomic mass is 10.1. The van der Waals surface area contributed by atoms with E-state index in [2.05, 4.69) is 0 Å². The Hall–Kier alpha value is -1.09. The van der Waals surface area contributed by atoms with Gasteiger partial charge in [0.05, 0.1) is 6.61 Å². The van der Waals surface area contributed by atoms with Crippen LogP contribution >= 0.6 is 11.6 Å². The van der Waals surface area contributed by atoms with Gasteiger partial charge in [0, 0.05) is 0 Å². The molecule has 0 radical (unpaired) electrons. The molecule has 1 atom stereocenters. The summed E-state index contributed by atoms with van der Waals surface area (Å²) >= 11 is 5.86. The van der Waals surface area contributed by atoms with Crippen molar-refractivity contribution in [1.29, 1.82) is 0 Å². The molecule has 0 aliphatic heterocycles. The Morgan fingerprint density at radius 2 is 2.27 bits per heavy atom. The lowest BCUT2D eigenvalue weighted by Gasteiger charge is -2.09. The Morgan fingerprint density at radius 3 is 2.80 bits per heavy atom. The van der Waals surface area contributed by atoms with Gasteiger partial charge in [-0.05, 0) is 31.0 Å². The molecule has 1 aromatic carbocycles. The first kappa shape index (κ1) is 12.0.